The molecule has 0 saturated heterocycles. The summed E-state index contributed by atoms with van der Waals surface area (Å²) in [6.07, 6.45) is 4.59. The molecule has 3 rings (SSSR count). The zero-order valence-electron chi connectivity index (χ0n) is 15.5. The van der Waals surface area contributed by atoms with Gasteiger partial charge in [0, 0.05) is 18.5 Å². The minimum atomic E-state index is -3.31. The van der Waals surface area contributed by atoms with Gasteiger partial charge < -0.3 is 5.32 Å². The van der Waals surface area contributed by atoms with Crippen molar-refractivity contribution in [3.05, 3.63) is 45.9 Å². The largest absolute Gasteiger partial charge is 0.360 e. The molecule has 1 N–H and O–H groups in total. The Bertz CT molecular complexity index is 1180. The lowest BCUT2D eigenvalue weighted by Crippen LogP contribution is -2.28. The summed E-state index contributed by atoms with van der Waals surface area (Å²) < 4.78 is 24.6. The van der Waals surface area contributed by atoms with Crippen LogP contribution in [0.5, 0.6) is 0 Å². The van der Waals surface area contributed by atoms with Gasteiger partial charge in [-0.3, -0.25) is 14.3 Å². The summed E-state index contributed by atoms with van der Waals surface area (Å²) in [6.45, 7) is 4.07. The van der Waals surface area contributed by atoms with E-state index in [4.69, 9.17) is 11.6 Å². The van der Waals surface area contributed by atoms with E-state index in [2.05, 4.69) is 25.3 Å². The fourth-order valence-electron chi connectivity index (χ4n) is 2.60. The molecule has 0 aromatic carbocycles. The Morgan fingerprint density at radius 3 is 2.57 bits per heavy atom. The van der Waals surface area contributed by atoms with Gasteiger partial charge in [-0.15, -0.1) is 0 Å². The van der Waals surface area contributed by atoms with Gasteiger partial charge in [0.15, 0.2) is 21.3 Å². The van der Waals surface area contributed by atoms with Crippen LogP contribution in [0.1, 0.15) is 32.0 Å². The highest BCUT2D eigenvalue weighted by Crippen LogP contribution is 2.18. The zero-order valence-corrected chi connectivity index (χ0v) is 17.1. The molecule has 0 bridgehead atoms. The Morgan fingerprint density at radius 2 is 1.96 bits per heavy atom. The topological polar surface area (TPSA) is 120 Å². The number of hydrogen-bond acceptors (Lipinski definition) is 8. The SMILES string of the molecule is CC[C@H](C)n1c(=O)c(NCc2ccc(S(C)(=O)=O)cn2)nc2cnc(Cl)nc21. The number of pyridine rings is 1. The Balaban J connectivity index is 1.96. The maximum atomic E-state index is 12.9. The molecular weight excluding hydrogens is 404 g/mol. The number of rotatable bonds is 6. The molecule has 0 saturated carbocycles. The van der Waals surface area contributed by atoms with Crippen molar-refractivity contribution in [1.82, 2.24) is 24.5 Å². The molecule has 9 nitrogen and oxygen atoms in total. The molecule has 0 fully saturated rings. The number of halogens is 1. The molecular formula is C17H19ClN6O3S. The van der Waals surface area contributed by atoms with E-state index in [1.165, 1.54) is 18.5 Å². The fraction of sp³-hybridized carbons (Fsp3) is 0.353. The Morgan fingerprint density at radius 1 is 1.21 bits per heavy atom. The van der Waals surface area contributed by atoms with Crippen LogP contribution in [0.15, 0.2) is 34.2 Å². The molecule has 28 heavy (non-hydrogen) atoms. The second kappa shape index (κ2) is 7.80. The first-order chi connectivity index (χ1) is 13.2. The highest BCUT2D eigenvalue weighted by Gasteiger charge is 2.17. The van der Waals surface area contributed by atoms with Crippen molar-refractivity contribution in [3.8, 4) is 0 Å². The first-order valence-corrected chi connectivity index (χ1v) is 10.8. The van der Waals surface area contributed by atoms with Crippen molar-refractivity contribution in [2.45, 2.75) is 37.8 Å². The van der Waals surface area contributed by atoms with Gasteiger partial charge in [0.2, 0.25) is 5.28 Å². The predicted octanol–water partition coefficient (Wildman–Crippen LogP) is 2.22. The Labute approximate surface area is 166 Å². The average molecular weight is 423 g/mol. The molecule has 0 radical (unpaired) electrons. The van der Waals surface area contributed by atoms with Crippen LogP contribution in [-0.4, -0.2) is 39.2 Å². The summed E-state index contributed by atoms with van der Waals surface area (Å²) in [5.41, 5.74) is 1.05. The molecule has 0 aliphatic heterocycles. The van der Waals surface area contributed by atoms with Crippen LogP contribution in [-0.2, 0) is 16.4 Å². The van der Waals surface area contributed by atoms with Crippen molar-refractivity contribution >= 4 is 38.4 Å². The van der Waals surface area contributed by atoms with Crippen LogP contribution >= 0.6 is 11.6 Å². The fourth-order valence-corrected chi connectivity index (χ4v) is 3.28. The third-order valence-electron chi connectivity index (χ3n) is 4.30. The number of hydrogen-bond donors (Lipinski definition) is 1. The summed E-state index contributed by atoms with van der Waals surface area (Å²) in [5, 5.41) is 3.01. The third kappa shape index (κ3) is 4.12. The minimum Gasteiger partial charge on any atom is -0.360 e. The second-order valence-electron chi connectivity index (χ2n) is 6.35. The van der Waals surface area contributed by atoms with E-state index in [0.717, 1.165) is 6.26 Å². The first-order valence-electron chi connectivity index (χ1n) is 8.54. The molecule has 11 heteroatoms. The summed E-state index contributed by atoms with van der Waals surface area (Å²) >= 11 is 5.88. The molecule has 3 aromatic rings. The number of nitrogens with one attached hydrogen (secondary N) is 1. The van der Waals surface area contributed by atoms with Gasteiger partial charge in [-0.1, -0.05) is 6.92 Å². The standard InChI is InChI=1S/C17H19ClN6O3S/c1-4-10(2)24-15-13(9-21-17(18)23-15)22-14(16(24)25)20-7-11-5-6-12(8-19-11)28(3,26)27/h5-6,8-10H,4,7H2,1-3H3,(H,20,22)/t10-/m0/s1. The molecule has 3 aromatic heterocycles. The molecule has 0 aliphatic carbocycles. The quantitative estimate of drug-likeness (QED) is 0.600. The van der Waals surface area contributed by atoms with Crippen molar-refractivity contribution < 1.29 is 8.42 Å². The summed E-state index contributed by atoms with van der Waals surface area (Å²) in [5.74, 6) is 0.132. The lowest BCUT2D eigenvalue weighted by atomic mass is 10.2. The molecule has 0 unspecified atom stereocenters. The monoisotopic (exact) mass is 422 g/mol. The number of nitrogens with zero attached hydrogens (tertiary/aromatic N) is 5. The van der Waals surface area contributed by atoms with Gasteiger partial charge >= 0.3 is 0 Å². The van der Waals surface area contributed by atoms with Crippen LogP contribution in [0.4, 0.5) is 5.82 Å². The lowest BCUT2D eigenvalue weighted by Gasteiger charge is -2.17. The van der Waals surface area contributed by atoms with Crippen LogP contribution in [0.3, 0.4) is 0 Å². The van der Waals surface area contributed by atoms with Crippen LogP contribution < -0.4 is 10.9 Å². The number of aromatic nitrogens is 5. The molecule has 1 atom stereocenters. The van der Waals surface area contributed by atoms with E-state index >= 15 is 0 Å². The number of sulfone groups is 1. The van der Waals surface area contributed by atoms with E-state index < -0.39 is 9.84 Å². The zero-order chi connectivity index (χ0) is 20.5. The molecule has 0 spiro atoms. The van der Waals surface area contributed by atoms with Gasteiger partial charge in [-0.25, -0.2) is 18.4 Å². The second-order valence-corrected chi connectivity index (χ2v) is 8.71. The molecule has 148 valence electrons. The van der Waals surface area contributed by atoms with Gasteiger partial charge in [-0.2, -0.15) is 4.98 Å². The van der Waals surface area contributed by atoms with Crippen LogP contribution in [0.25, 0.3) is 11.2 Å². The van der Waals surface area contributed by atoms with Gasteiger partial charge in [0.05, 0.1) is 23.3 Å². The maximum absolute atomic E-state index is 12.9. The predicted molar refractivity (Wildman–Crippen MR) is 106 cm³/mol. The van der Waals surface area contributed by atoms with Crippen molar-refractivity contribution in [2.75, 3.05) is 11.6 Å². The maximum Gasteiger partial charge on any atom is 0.295 e. The van der Waals surface area contributed by atoms with Gasteiger partial charge in [-0.05, 0) is 37.1 Å². The van der Waals surface area contributed by atoms with E-state index in [1.807, 2.05) is 13.8 Å². The van der Waals surface area contributed by atoms with Crippen LogP contribution in [0, 0.1) is 0 Å². The van der Waals surface area contributed by atoms with Crippen molar-refractivity contribution in [2.24, 2.45) is 0 Å². The van der Waals surface area contributed by atoms with Crippen molar-refractivity contribution in [1.29, 1.82) is 0 Å². The van der Waals surface area contributed by atoms with E-state index in [9.17, 15) is 13.2 Å². The van der Waals surface area contributed by atoms with Crippen LogP contribution in [0.2, 0.25) is 5.28 Å². The molecule has 3 heterocycles. The summed E-state index contributed by atoms with van der Waals surface area (Å²) in [4.78, 5) is 29.6. The normalized spacial score (nSPS) is 12.9. The third-order valence-corrected chi connectivity index (χ3v) is 5.58. The van der Waals surface area contributed by atoms with E-state index in [-0.39, 0.29) is 34.1 Å². The highest BCUT2D eigenvalue weighted by atomic mass is 35.5. The minimum absolute atomic E-state index is 0.0432. The van der Waals surface area contributed by atoms with Crippen molar-refractivity contribution in [3.63, 3.8) is 0 Å². The van der Waals surface area contributed by atoms with E-state index in [1.54, 1.807) is 10.6 Å². The number of anilines is 1. The molecule has 0 aliphatic rings. The molecule has 0 amide bonds. The van der Waals surface area contributed by atoms with Gasteiger partial charge in [0.25, 0.3) is 5.56 Å². The lowest BCUT2D eigenvalue weighted by molar-refractivity contribution is 0.526. The Hall–Kier alpha value is -2.59. The number of fused-ring (bicyclic) bond motifs is 1. The van der Waals surface area contributed by atoms with Gasteiger partial charge in [0.1, 0.15) is 5.52 Å². The Kier molecular flexibility index (Phi) is 5.61. The average Bonchev–Trinajstić information content (AvgIpc) is 2.65. The summed E-state index contributed by atoms with van der Waals surface area (Å²) in [6, 6.07) is 2.94. The van der Waals surface area contributed by atoms with E-state index in [0.29, 0.717) is 23.3 Å². The highest BCUT2D eigenvalue weighted by molar-refractivity contribution is 7.90. The first kappa shape index (κ1) is 20.2. The smallest absolute Gasteiger partial charge is 0.295 e. The summed E-state index contributed by atoms with van der Waals surface area (Å²) in [7, 11) is -3.31.